The lowest BCUT2D eigenvalue weighted by molar-refractivity contribution is -0.119. The number of hydrogen-bond acceptors (Lipinski definition) is 3. The molecule has 2 N–H and O–H groups in total. The van der Waals surface area contributed by atoms with Gasteiger partial charge in [-0.05, 0) is 17.8 Å². The number of aliphatic imine (C=N–C) groups is 1. The second-order valence-corrected chi connectivity index (χ2v) is 2.62. The third kappa shape index (κ3) is 2.47. The monoisotopic (exact) mass is 192 g/mol. The van der Waals surface area contributed by atoms with E-state index in [1.807, 2.05) is 18.2 Å². The van der Waals surface area contributed by atoms with Crippen molar-refractivity contribution in [2.75, 3.05) is 0 Å². The fraction of sp³-hybridized carbons (Fsp3) is 0.111. The van der Waals surface area contributed by atoms with E-state index in [0.29, 0.717) is 0 Å². The van der Waals surface area contributed by atoms with Crippen LogP contribution in [-0.2, 0) is 4.79 Å². The molecule has 0 aliphatic heterocycles. The zero-order chi connectivity index (χ0) is 9.68. The Morgan fingerprint density at radius 3 is 2.54 bits per heavy atom. The Hall–Kier alpha value is -1.51. The first-order valence-corrected chi connectivity index (χ1v) is 4.08. The lowest BCUT2D eigenvalue weighted by Gasteiger charge is -2.05. The summed E-state index contributed by atoms with van der Waals surface area (Å²) in [6.07, 6.45) is 0. The summed E-state index contributed by atoms with van der Waals surface area (Å²) in [5.41, 5.74) is 5.86. The van der Waals surface area contributed by atoms with E-state index < -0.39 is 11.9 Å². The smallest absolute Gasteiger partial charge is 0.247 e. The first kappa shape index (κ1) is 9.58. The Morgan fingerprint density at radius 2 is 2.08 bits per heavy atom. The predicted octanol–water partition coefficient (Wildman–Crippen LogP) is 1.32. The highest BCUT2D eigenvalue weighted by Crippen LogP contribution is 2.15. The van der Waals surface area contributed by atoms with Gasteiger partial charge in [-0.1, -0.05) is 30.3 Å². The molecular weight excluding hydrogens is 184 g/mol. The van der Waals surface area contributed by atoms with Crippen LogP contribution in [0.1, 0.15) is 11.6 Å². The van der Waals surface area contributed by atoms with Crippen molar-refractivity contribution >= 4 is 23.3 Å². The topological polar surface area (TPSA) is 55.5 Å². The minimum Gasteiger partial charge on any atom is -0.367 e. The number of carbonyl (C=O) groups excluding carboxylic acids is 1. The number of rotatable bonds is 3. The molecule has 1 amide bonds. The van der Waals surface area contributed by atoms with Crippen LogP contribution in [0.2, 0.25) is 0 Å². The van der Waals surface area contributed by atoms with Gasteiger partial charge in [0.1, 0.15) is 0 Å². The summed E-state index contributed by atoms with van der Waals surface area (Å²) >= 11 is 4.42. The molecule has 1 rings (SSSR count). The number of primary amides is 1. The van der Waals surface area contributed by atoms with Gasteiger partial charge in [-0.2, -0.15) is 0 Å². The molecule has 0 fully saturated rings. The first-order valence-electron chi connectivity index (χ1n) is 3.67. The van der Waals surface area contributed by atoms with Crippen molar-refractivity contribution in [3.8, 4) is 0 Å². The van der Waals surface area contributed by atoms with Crippen LogP contribution in [0, 0.1) is 0 Å². The molecule has 0 aliphatic carbocycles. The van der Waals surface area contributed by atoms with Crippen molar-refractivity contribution in [1.29, 1.82) is 0 Å². The summed E-state index contributed by atoms with van der Waals surface area (Å²) < 4.78 is 0. The molecule has 0 heterocycles. The molecule has 1 unspecified atom stereocenters. The maximum absolute atomic E-state index is 10.9. The first-order chi connectivity index (χ1) is 6.25. The van der Waals surface area contributed by atoms with Crippen molar-refractivity contribution < 1.29 is 4.79 Å². The zero-order valence-corrected chi connectivity index (χ0v) is 7.62. The Morgan fingerprint density at radius 1 is 1.46 bits per heavy atom. The number of nitrogens with two attached hydrogens (primary N) is 1. The summed E-state index contributed by atoms with van der Waals surface area (Å²) in [7, 11) is 0. The molecule has 1 aromatic rings. The van der Waals surface area contributed by atoms with Crippen LogP contribution in [0.25, 0.3) is 0 Å². The largest absolute Gasteiger partial charge is 0.367 e. The van der Waals surface area contributed by atoms with Gasteiger partial charge in [0.05, 0.1) is 5.16 Å². The van der Waals surface area contributed by atoms with Crippen LogP contribution < -0.4 is 5.73 Å². The van der Waals surface area contributed by atoms with E-state index in [1.54, 1.807) is 12.1 Å². The van der Waals surface area contributed by atoms with E-state index in [1.165, 1.54) is 0 Å². The van der Waals surface area contributed by atoms with Gasteiger partial charge in [0.25, 0.3) is 0 Å². The number of amides is 1. The van der Waals surface area contributed by atoms with Gasteiger partial charge in [-0.25, -0.2) is 4.99 Å². The maximum atomic E-state index is 10.9. The van der Waals surface area contributed by atoms with E-state index in [4.69, 9.17) is 5.73 Å². The van der Waals surface area contributed by atoms with Crippen LogP contribution in [0.15, 0.2) is 35.3 Å². The molecule has 13 heavy (non-hydrogen) atoms. The number of thiocarbonyl (C=S) groups is 1. The highest BCUT2D eigenvalue weighted by atomic mass is 32.1. The number of nitrogens with zero attached hydrogens (tertiary/aromatic N) is 1. The fourth-order valence-electron chi connectivity index (χ4n) is 0.990. The Labute approximate surface area is 81.3 Å². The minimum absolute atomic E-state index is 0.524. The van der Waals surface area contributed by atoms with Crippen molar-refractivity contribution in [1.82, 2.24) is 0 Å². The third-order valence-electron chi connectivity index (χ3n) is 1.57. The number of isothiocyanates is 1. The molecule has 66 valence electrons. The molecule has 0 saturated heterocycles. The SMILES string of the molecule is NC(=O)C(N=C=S)c1ccccc1. The van der Waals surface area contributed by atoms with Gasteiger partial charge in [0.2, 0.25) is 5.91 Å². The molecule has 0 aromatic heterocycles. The van der Waals surface area contributed by atoms with E-state index in [2.05, 4.69) is 22.4 Å². The summed E-state index contributed by atoms with van der Waals surface area (Å²) in [6, 6.07) is 8.30. The van der Waals surface area contributed by atoms with Crippen molar-refractivity contribution in [3.63, 3.8) is 0 Å². The van der Waals surface area contributed by atoms with Crippen molar-refractivity contribution in [2.24, 2.45) is 10.7 Å². The standard InChI is InChI=1S/C9H8N2OS/c10-9(12)8(11-6-13)7-4-2-1-3-5-7/h1-5,8H,(H2,10,12). The van der Waals surface area contributed by atoms with Crippen LogP contribution >= 0.6 is 12.2 Å². The molecule has 1 aromatic carbocycles. The molecule has 0 saturated carbocycles. The summed E-state index contributed by atoms with van der Waals surface area (Å²) in [4.78, 5) is 14.6. The highest BCUT2D eigenvalue weighted by molar-refractivity contribution is 7.78. The molecule has 0 radical (unpaired) electrons. The van der Waals surface area contributed by atoms with Gasteiger partial charge in [0, 0.05) is 0 Å². The zero-order valence-electron chi connectivity index (χ0n) is 6.81. The van der Waals surface area contributed by atoms with Gasteiger partial charge < -0.3 is 5.73 Å². The fourth-order valence-corrected chi connectivity index (χ4v) is 1.10. The Balaban J connectivity index is 3.02. The summed E-state index contributed by atoms with van der Waals surface area (Å²) in [6.45, 7) is 0. The van der Waals surface area contributed by atoms with E-state index in [9.17, 15) is 4.79 Å². The summed E-state index contributed by atoms with van der Waals surface area (Å²) in [5.74, 6) is -0.524. The van der Waals surface area contributed by atoms with Crippen molar-refractivity contribution in [2.45, 2.75) is 6.04 Å². The van der Waals surface area contributed by atoms with E-state index in [0.717, 1.165) is 5.56 Å². The molecule has 0 aliphatic rings. The molecule has 4 heteroatoms. The maximum Gasteiger partial charge on any atom is 0.247 e. The molecule has 1 atom stereocenters. The van der Waals surface area contributed by atoms with Gasteiger partial charge in [0.15, 0.2) is 6.04 Å². The van der Waals surface area contributed by atoms with Gasteiger partial charge in [-0.15, -0.1) is 0 Å². The van der Waals surface area contributed by atoms with E-state index in [-0.39, 0.29) is 0 Å². The summed E-state index contributed by atoms with van der Waals surface area (Å²) in [5, 5.41) is 2.16. The van der Waals surface area contributed by atoms with Crippen LogP contribution in [0.5, 0.6) is 0 Å². The predicted molar refractivity (Wildman–Crippen MR) is 53.4 cm³/mol. The Bertz CT molecular complexity index is 342. The Kier molecular flexibility index (Phi) is 3.31. The van der Waals surface area contributed by atoms with Crippen LogP contribution in [0.3, 0.4) is 0 Å². The van der Waals surface area contributed by atoms with Crippen LogP contribution in [-0.4, -0.2) is 11.1 Å². The second kappa shape index (κ2) is 4.50. The molecule has 0 spiro atoms. The number of carbonyl (C=O) groups is 1. The van der Waals surface area contributed by atoms with E-state index >= 15 is 0 Å². The lowest BCUT2D eigenvalue weighted by Crippen LogP contribution is -2.19. The normalized spacial score (nSPS) is 11.4. The average Bonchev–Trinajstić information content (AvgIpc) is 2.15. The number of hydrogen-bond donors (Lipinski definition) is 1. The van der Waals surface area contributed by atoms with Gasteiger partial charge in [-0.3, -0.25) is 4.79 Å². The average molecular weight is 192 g/mol. The van der Waals surface area contributed by atoms with Crippen LogP contribution in [0.4, 0.5) is 0 Å². The molecule has 0 bridgehead atoms. The van der Waals surface area contributed by atoms with Gasteiger partial charge >= 0.3 is 0 Å². The third-order valence-corrected chi connectivity index (χ3v) is 1.67. The lowest BCUT2D eigenvalue weighted by atomic mass is 10.1. The highest BCUT2D eigenvalue weighted by Gasteiger charge is 2.14. The number of benzene rings is 1. The van der Waals surface area contributed by atoms with Crippen molar-refractivity contribution in [3.05, 3.63) is 35.9 Å². The molecular formula is C9H8N2OS. The second-order valence-electron chi connectivity index (χ2n) is 2.44. The quantitative estimate of drug-likeness (QED) is 0.580. The molecule has 3 nitrogen and oxygen atoms in total. The minimum atomic E-state index is -0.710.